The van der Waals surface area contributed by atoms with Gasteiger partial charge in [-0.25, -0.2) is 15.0 Å². The Morgan fingerprint density at radius 1 is 0.417 bits per heavy atom. The molecule has 0 fully saturated rings. The minimum Gasteiger partial charge on any atom is -0.256 e. The number of fused-ring (bicyclic) bond motifs is 5. The van der Waals surface area contributed by atoms with Gasteiger partial charge in [-0.3, -0.25) is 4.98 Å². The van der Waals surface area contributed by atoms with Crippen LogP contribution in [0.5, 0.6) is 0 Å². The molecule has 0 aliphatic heterocycles. The average Bonchev–Trinajstić information content (AvgIpc) is 2.97. The summed E-state index contributed by atoms with van der Waals surface area (Å²) in [7, 11) is 0. The van der Waals surface area contributed by atoms with E-state index < -0.39 is 0 Å². The monoisotopic (exact) mass is 460 g/mol. The van der Waals surface area contributed by atoms with Crippen molar-refractivity contribution in [1.82, 2.24) is 19.9 Å². The predicted octanol–water partition coefficient (Wildman–Crippen LogP) is 7.73. The largest absolute Gasteiger partial charge is 0.256 e. The lowest BCUT2D eigenvalue weighted by atomic mass is 10.0. The van der Waals surface area contributed by atoms with Crippen molar-refractivity contribution in [1.29, 1.82) is 0 Å². The van der Waals surface area contributed by atoms with Crippen molar-refractivity contribution in [2.24, 2.45) is 0 Å². The number of pyridine rings is 2. The van der Waals surface area contributed by atoms with Gasteiger partial charge in [-0.1, -0.05) is 97.1 Å². The Labute approximate surface area is 208 Å². The molecule has 36 heavy (non-hydrogen) atoms. The Morgan fingerprint density at radius 2 is 1.00 bits per heavy atom. The molecule has 7 rings (SSSR count). The molecule has 4 aromatic carbocycles. The first-order valence-corrected chi connectivity index (χ1v) is 11.9. The molecule has 3 heterocycles. The minimum atomic E-state index is 0.605. The van der Waals surface area contributed by atoms with Crippen LogP contribution < -0.4 is 0 Å². The quantitative estimate of drug-likeness (QED) is 0.253. The maximum Gasteiger partial charge on any atom is 0.179 e. The molecule has 0 saturated heterocycles. The van der Waals surface area contributed by atoms with Gasteiger partial charge in [0.15, 0.2) is 5.82 Å². The van der Waals surface area contributed by atoms with Crippen LogP contribution in [0.3, 0.4) is 0 Å². The van der Waals surface area contributed by atoms with Gasteiger partial charge in [0.05, 0.1) is 22.4 Å². The third-order valence-corrected chi connectivity index (χ3v) is 6.52. The smallest absolute Gasteiger partial charge is 0.179 e. The Kier molecular flexibility index (Phi) is 4.74. The minimum absolute atomic E-state index is 0.605. The van der Waals surface area contributed by atoms with Crippen LogP contribution in [0.25, 0.3) is 66.6 Å². The molecule has 0 spiro atoms. The molecule has 0 amide bonds. The first-order valence-electron chi connectivity index (χ1n) is 11.9. The first-order chi connectivity index (χ1) is 17.8. The third-order valence-electron chi connectivity index (χ3n) is 6.52. The van der Waals surface area contributed by atoms with E-state index in [4.69, 9.17) is 15.0 Å². The van der Waals surface area contributed by atoms with Crippen LogP contribution in [0.1, 0.15) is 0 Å². The number of hydrogen-bond donors (Lipinski definition) is 0. The number of hydrogen-bond acceptors (Lipinski definition) is 4. The number of aromatic nitrogens is 4. The second kappa shape index (κ2) is 8.36. The van der Waals surface area contributed by atoms with Gasteiger partial charge in [-0.15, -0.1) is 0 Å². The molecule has 0 atom stereocenters. The lowest BCUT2D eigenvalue weighted by molar-refractivity contribution is 1.16. The van der Waals surface area contributed by atoms with Crippen LogP contribution in [0.15, 0.2) is 121 Å². The highest BCUT2D eigenvalue weighted by molar-refractivity contribution is 6.14. The van der Waals surface area contributed by atoms with Crippen LogP contribution in [0.2, 0.25) is 0 Å². The van der Waals surface area contributed by atoms with E-state index in [-0.39, 0.29) is 0 Å². The molecule has 0 aliphatic rings. The molecule has 0 unspecified atom stereocenters. The number of benzene rings is 4. The van der Waals surface area contributed by atoms with Gasteiger partial charge in [0.2, 0.25) is 0 Å². The summed E-state index contributed by atoms with van der Waals surface area (Å²) in [6, 6.07) is 39.1. The molecule has 168 valence electrons. The van der Waals surface area contributed by atoms with Crippen LogP contribution in [-0.2, 0) is 0 Å². The summed E-state index contributed by atoms with van der Waals surface area (Å²) in [5.74, 6) is 0.605. The molecule has 3 aromatic heterocycles. The van der Waals surface area contributed by atoms with Gasteiger partial charge in [0, 0.05) is 38.9 Å². The lowest BCUT2D eigenvalue weighted by Crippen LogP contribution is -1.98. The Bertz CT molecular complexity index is 1820. The highest BCUT2D eigenvalue weighted by Crippen LogP contribution is 2.32. The Hall–Kier alpha value is -4.96. The molecule has 0 saturated carbocycles. The van der Waals surface area contributed by atoms with Crippen LogP contribution >= 0.6 is 0 Å². The van der Waals surface area contributed by atoms with Crippen LogP contribution in [-0.4, -0.2) is 19.9 Å². The first kappa shape index (κ1) is 20.4. The molecule has 0 aliphatic carbocycles. The van der Waals surface area contributed by atoms with Gasteiger partial charge in [0.1, 0.15) is 5.69 Å². The summed E-state index contributed by atoms with van der Waals surface area (Å²) in [6.07, 6.45) is 1.84. The normalized spacial score (nSPS) is 11.3. The van der Waals surface area contributed by atoms with Crippen LogP contribution in [0.4, 0.5) is 0 Å². The van der Waals surface area contributed by atoms with E-state index in [0.29, 0.717) is 5.82 Å². The maximum atomic E-state index is 5.10. The SMILES string of the molecule is c1ccc(-c2cc(-c3ccccc3)nc(-c3ccc4ccc5c(ccc6cccnc65)c4n3)n2)cc1. The zero-order chi connectivity index (χ0) is 23.9. The standard InChI is InChI=1S/C32H20N4/c1-3-8-21(9-4-1)28-20-29(22-10-5-2-6-11-22)36-32(35-28)27-18-15-24-14-16-25-26(31(24)34-27)17-13-23-12-7-19-33-30(23)25/h1-20H. The van der Waals surface area contributed by atoms with Crippen LogP contribution in [0, 0.1) is 0 Å². The molecular formula is C32H20N4. The molecule has 0 bridgehead atoms. The van der Waals surface area contributed by atoms with Gasteiger partial charge in [0.25, 0.3) is 0 Å². The van der Waals surface area contributed by atoms with Crippen molar-refractivity contribution in [3.63, 3.8) is 0 Å². The predicted molar refractivity (Wildman–Crippen MR) is 146 cm³/mol. The van der Waals surface area contributed by atoms with Gasteiger partial charge >= 0.3 is 0 Å². The maximum absolute atomic E-state index is 5.10. The molecule has 0 radical (unpaired) electrons. The van der Waals surface area contributed by atoms with Crippen molar-refractivity contribution in [2.75, 3.05) is 0 Å². The van der Waals surface area contributed by atoms with Gasteiger partial charge < -0.3 is 0 Å². The van der Waals surface area contributed by atoms with Crippen molar-refractivity contribution < 1.29 is 0 Å². The van der Waals surface area contributed by atoms with Gasteiger partial charge in [-0.2, -0.15) is 0 Å². The highest BCUT2D eigenvalue weighted by atomic mass is 14.9. The molecule has 4 nitrogen and oxygen atoms in total. The second-order valence-electron chi connectivity index (χ2n) is 8.76. The van der Waals surface area contributed by atoms with E-state index in [0.717, 1.165) is 60.8 Å². The van der Waals surface area contributed by atoms with E-state index in [9.17, 15) is 0 Å². The van der Waals surface area contributed by atoms with E-state index in [1.54, 1.807) is 0 Å². The topological polar surface area (TPSA) is 51.6 Å². The lowest BCUT2D eigenvalue weighted by Gasteiger charge is -2.10. The van der Waals surface area contributed by atoms with Crippen molar-refractivity contribution >= 4 is 32.6 Å². The third kappa shape index (κ3) is 3.48. The number of nitrogens with zero attached hydrogens (tertiary/aromatic N) is 4. The fourth-order valence-corrected chi connectivity index (χ4v) is 4.74. The zero-order valence-electron chi connectivity index (χ0n) is 19.3. The summed E-state index contributed by atoms with van der Waals surface area (Å²) >= 11 is 0. The molecular weight excluding hydrogens is 440 g/mol. The summed E-state index contributed by atoms with van der Waals surface area (Å²) in [5, 5.41) is 4.35. The fourth-order valence-electron chi connectivity index (χ4n) is 4.74. The Balaban J connectivity index is 1.47. The molecule has 4 heteroatoms. The van der Waals surface area contributed by atoms with E-state index in [1.807, 2.05) is 60.8 Å². The van der Waals surface area contributed by atoms with E-state index in [1.165, 1.54) is 0 Å². The van der Waals surface area contributed by atoms with Crippen molar-refractivity contribution in [3.05, 3.63) is 121 Å². The van der Waals surface area contributed by atoms with Crippen molar-refractivity contribution in [3.8, 4) is 34.0 Å². The molecule has 7 aromatic rings. The van der Waals surface area contributed by atoms with Crippen molar-refractivity contribution in [2.45, 2.75) is 0 Å². The molecule has 0 N–H and O–H groups in total. The number of rotatable bonds is 3. The van der Waals surface area contributed by atoms with E-state index in [2.05, 4.69) is 65.6 Å². The zero-order valence-corrected chi connectivity index (χ0v) is 19.3. The fraction of sp³-hybridized carbons (Fsp3) is 0. The second-order valence-corrected chi connectivity index (χ2v) is 8.76. The summed E-state index contributed by atoms with van der Waals surface area (Å²) in [6.45, 7) is 0. The Morgan fingerprint density at radius 3 is 1.67 bits per heavy atom. The van der Waals surface area contributed by atoms with E-state index >= 15 is 0 Å². The summed E-state index contributed by atoms with van der Waals surface area (Å²) in [5.41, 5.74) is 6.48. The summed E-state index contributed by atoms with van der Waals surface area (Å²) < 4.78 is 0. The highest BCUT2D eigenvalue weighted by Gasteiger charge is 2.13. The summed E-state index contributed by atoms with van der Waals surface area (Å²) in [4.78, 5) is 19.6. The average molecular weight is 461 g/mol. The van der Waals surface area contributed by atoms with Gasteiger partial charge in [-0.05, 0) is 18.2 Å².